The van der Waals surface area contributed by atoms with Gasteiger partial charge in [-0.2, -0.15) is 5.10 Å². The number of nitrogens with one attached hydrogen (secondary N) is 2. The molecule has 0 bridgehead atoms. The van der Waals surface area contributed by atoms with Crippen LogP contribution in [0.1, 0.15) is 41.0 Å². The number of rotatable bonds is 6. The van der Waals surface area contributed by atoms with E-state index in [4.69, 9.17) is 0 Å². The van der Waals surface area contributed by atoms with Gasteiger partial charge in [0.15, 0.2) is 0 Å². The lowest BCUT2D eigenvalue weighted by Gasteiger charge is -2.33. The third kappa shape index (κ3) is 5.35. The number of aryl methyl sites for hydroxylation is 2. The maximum absolute atomic E-state index is 12.4. The second-order valence-corrected chi connectivity index (χ2v) is 7.65. The zero-order chi connectivity index (χ0) is 21.0. The molecule has 1 heterocycles. The first-order valence-electron chi connectivity index (χ1n) is 9.90. The molecule has 0 radical (unpaired) electrons. The first-order valence-corrected chi connectivity index (χ1v) is 9.90. The smallest absolute Gasteiger partial charge is 0.251 e. The van der Waals surface area contributed by atoms with Gasteiger partial charge in [0.2, 0.25) is 5.91 Å². The van der Waals surface area contributed by atoms with Gasteiger partial charge in [0, 0.05) is 23.7 Å². The quantitative estimate of drug-likeness (QED) is 0.583. The summed E-state index contributed by atoms with van der Waals surface area (Å²) in [6.07, 6.45) is 0.614. The van der Waals surface area contributed by atoms with Crippen LogP contribution in [0, 0.1) is 19.8 Å². The van der Waals surface area contributed by atoms with Crippen molar-refractivity contribution < 1.29 is 19.8 Å². The Labute approximate surface area is 169 Å². The molecular formula is C21H28N4O4. The van der Waals surface area contributed by atoms with Gasteiger partial charge in [-0.05, 0) is 57.4 Å². The normalized spacial score (nSPS) is 21.6. The molecule has 2 amide bonds. The lowest BCUT2D eigenvalue weighted by atomic mass is 9.83. The highest BCUT2D eigenvalue weighted by Gasteiger charge is 2.33. The standard InChI is InChI=1S/C21H28N4O4/c1-13-10-14(2)25(24-13)9-8-22-20(28)16-6-7-18(19(27)12-16)23-21(29)15-4-3-5-17(26)11-15/h3-5,10-11,16,18-19,26-27H,6-9,12H2,1-2H3,(H,22,28)(H,23,29)/t16-,18+,19+/m0/s1. The SMILES string of the molecule is Cc1cc(C)n(CCNC(=O)[C@H]2CC[C@@H](NC(=O)c3cccc(O)c3)[C@H](O)C2)n1. The van der Waals surface area contributed by atoms with Crippen molar-refractivity contribution in [3.05, 3.63) is 47.3 Å². The number of aromatic nitrogens is 2. The third-order valence-corrected chi connectivity index (χ3v) is 5.34. The van der Waals surface area contributed by atoms with Gasteiger partial charge >= 0.3 is 0 Å². The summed E-state index contributed by atoms with van der Waals surface area (Å²) in [5.74, 6) is -0.695. The molecule has 2 aromatic rings. The molecule has 0 aliphatic heterocycles. The number of phenolic OH excluding ortho intramolecular Hbond substituents is 1. The monoisotopic (exact) mass is 400 g/mol. The van der Waals surface area contributed by atoms with Crippen LogP contribution in [0.4, 0.5) is 0 Å². The fourth-order valence-electron chi connectivity index (χ4n) is 3.78. The molecule has 3 atom stereocenters. The fourth-order valence-corrected chi connectivity index (χ4v) is 3.78. The minimum Gasteiger partial charge on any atom is -0.508 e. The second kappa shape index (κ2) is 9.09. The van der Waals surface area contributed by atoms with Crippen molar-refractivity contribution in [1.82, 2.24) is 20.4 Å². The van der Waals surface area contributed by atoms with Crippen molar-refractivity contribution >= 4 is 11.8 Å². The van der Waals surface area contributed by atoms with E-state index in [9.17, 15) is 19.8 Å². The van der Waals surface area contributed by atoms with Crippen LogP contribution in [-0.2, 0) is 11.3 Å². The molecule has 0 spiro atoms. The molecule has 8 nitrogen and oxygen atoms in total. The number of benzene rings is 1. The Morgan fingerprint density at radius 3 is 2.69 bits per heavy atom. The maximum atomic E-state index is 12.4. The first kappa shape index (κ1) is 20.9. The van der Waals surface area contributed by atoms with E-state index in [1.54, 1.807) is 12.1 Å². The summed E-state index contributed by atoms with van der Waals surface area (Å²) in [4.78, 5) is 24.8. The van der Waals surface area contributed by atoms with Gasteiger partial charge < -0.3 is 20.8 Å². The summed E-state index contributed by atoms with van der Waals surface area (Å²) in [5, 5.41) is 30.0. The molecule has 4 N–H and O–H groups in total. The summed E-state index contributed by atoms with van der Waals surface area (Å²) < 4.78 is 1.86. The number of carbonyl (C=O) groups excluding carboxylic acids is 2. The molecule has 3 rings (SSSR count). The van der Waals surface area contributed by atoms with Crippen molar-refractivity contribution in [3.63, 3.8) is 0 Å². The Morgan fingerprint density at radius 2 is 2.03 bits per heavy atom. The van der Waals surface area contributed by atoms with E-state index in [0.29, 0.717) is 37.9 Å². The van der Waals surface area contributed by atoms with E-state index < -0.39 is 12.1 Å². The average molecular weight is 400 g/mol. The Kier molecular flexibility index (Phi) is 6.53. The van der Waals surface area contributed by atoms with E-state index >= 15 is 0 Å². The van der Waals surface area contributed by atoms with Crippen molar-refractivity contribution in [1.29, 1.82) is 0 Å². The highest BCUT2D eigenvalue weighted by molar-refractivity contribution is 5.94. The van der Waals surface area contributed by atoms with Gasteiger partial charge in [0.1, 0.15) is 5.75 Å². The van der Waals surface area contributed by atoms with Crippen LogP contribution in [0.3, 0.4) is 0 Å². The van der Waals surface area contributed by atoms with Crippen LogP contribution < -0.4 is 10.6 Å². The number of hydrogen-bond donors (Lipinski definition) is 4. The number of phenols is 1. The second-order valence-electron chi connectivity index (χ2n) is 7.65. The molecule has 1 aliphatic carbocycles. The van der Waals surface area contributed by atoms with Gasteiger partial charge in [-0.1, -0.05) is 6.07 Å². The van der Waals surface area contributed by atoms with Crippen LogP contribution in [0.15, 0.2) is 30.3 Å². The van der Waals surface area contributed by atoms with E-state index in [1.165, 1.54) is 12.1 Å². The summed E-state index contributed by atoms with van der Waals surface area (Å²) >= 11 is 0. The molecule has 1 aromatic carbocycles. The molecule has 156 valence electrons. The molecule has 1 saturated carbocycles. The average Bonchev–Trinajstić information content (AvgIpc) is 3.00. The summed E-state index contributed by atoms with van der Waals surface area (Å²) in [6.45, 7) is 4.99. The van der Waals surface area contributed by atoms with Crippen LogP contribution in [0.5, 0.6) is 5.75 Å². The molecule has 1 aromatic heterocycles. The van der Waals surface area contributed by atoms with Crippen molar-refractivity contribution in [2.24, 2.45) is 5.92 Å². The molecule has 0 saturated heterocycles. The Morgan fingerprint density at radius 1 is 1.24 bits per heavy atom. The van der Waals surface area contributed by atoms with Gasteiger partial charge in [0.25, 0.3) is 5.91 Å². The van der Waals surface area contributed by atoms with E-state index in [2.05, 4.69) is 15.7 Å². The molecule has 29 heavy (non-hydrogen) atoms. The van der Waals surface area contributed by atoms with Crippen molar-refractivity contribution in [2.45, 2.75) is 51.8 Å². The van der Waals surface area contributed by atoms with E-state index in [1.807, 2.05) is 24.6 Å². The highest BCUT2D eigenvalue weighted by atomic mass is 16.3. The van der Waals surface area contributed by atoms with E-state index in [0.717, 1.165) is 11.4 Å². The third-order valence-electron chi connectivity index (χ3n) is 5.34. The highest BCUT2D eigenvalue weighted by Crippen LogP contribution is 2.25. The number of carbonyl (C=O) groups is 2. The van der Waals surface area contributed by atoms with Crippen molar-refractivity contribution in [3.8, 4) is 5.75 Å². The topological polar surface area (TPSA) is 116 Å². The van der Waals surface area contributed by atoms with Crippen molar-refractivity contribution in [2.75, 3.05) is 6.54 Å². The first-order chi connectivity index (χ1) is 13.8. The number of aliphatic hydroxyl groups is 1. The minimum atomic E-state index is -0.795. The maximum Gasteiger partial charge on any atom is 0.251 e. The lowest BCUT2D eigenvalue weighted by Crippen LogP contribution is -2.49. The fraction of sp³-hybridized carbons (Fsp3) is 0.476. The Hall–Kier alpha value is -2.87. The number of aromatic hydroxyl groups is 1. The van der Waals surface area contributed by atoms with Gasteiger partial charge in [-0.15, -0.1) is 0 Å². The minimum absolute atomic E-state index is 0.0130. The largest absolute Gasteiger partial charge is 0.508 e. The van der Waals surface area contributed by atoms with Crippen LogP contribution in [0.25, 0.3) is 0 Å². The Bertz CT molecular complexity index is 879. The van der Waals surface area contributed by atoms with Gasteiger partial charge in [-0.3, -0.25) is 14.3 Å². The summed E-state index contributed by atoms with van der Waals surface area (Å²) in [7, 11) is 0. The zero-order valence-electron chi connectivity index (χ0n) is 16.8. The number of nitrogens with zero attached hydrogens (tertiary/aromatic N) is 2. The lowest BCUT2D eigenvalue weighted by molar-refractivity contribution is -0.127. The predicted octanol–water partition coefficient (Wildman–Crippen LogP) is 1.28. The molecule has 8 heteroatoms. The number of amides is 2. The van der Waals surface area contributed by atoms with Crippen LogP contribution >= 0.6 is 0 Å². The molecule has 1 fully saturated rings. The van der Waals surface area contributed by atoms with Crippen LogP contribution in [-0.4, -0.2) is 50.5 Å². The number of aliphatic hydroxyl groups excluding tert-OH is 1. The number of hydrogen-bond acceptors (Lipinski definition) is 5. The molecule has 1 aliphatic rings. The predicted molar refractivity (Wildman–Crippen MR) is 107 cm³/mol. The van der Waals surface area contributed by atoms with Gasteiger partial charge in [-0.25, -0.2) is 0 Å². The summed E-state index contributed by atoms with van der Waals surface area (Å²) in [6, 6.07) is 7.64. The van der Waals surface area contributed by atoms with Crippen LogP contribution in [0.2, 0.25) is 0 Å². The summed E-state index contributed by atoms with van der Waals surface area (Å²) in [5.41, 5.74) is 2.33. The molecular weight excluding hydrogens is 372 g/mol. The Balaban J connectivity index is 1.45. The van der Waals surface area contributed by atoms with Gasteiger partial charge in [0.05, 0.1) is 24.4 Å². The molecule has 0 unspecified atom stereocenters. The zero-order valence-corrected chi connectivity index (χ0v) is 16.8. The van der Waals surface area contributed by atoms with E-state index in [-0.39, 0.29) is 23.5 Å².